The van der Waals surface area contributed by atoms with E-state index in [2.05, 4.69) is 6.07 Å². The van der Waals surface area contributed by atoms with Gasteiger partial charge in [-0.25, -0.2) is 4.79 Å². The minimum absolute atomic E-state index is 0.155. The zero-order chi connectivity index (χ0) is 15.6. The number of aromatic carboxylic acids is 1. The van der Waals surface area contributed by atoms with Gasteiger partial charge in [-0.1, -0.05) is 43.6 Å². The Kier molecular flexibility index (Phi) is 4.94. The molecule has 0 atom stereocenters. The molecule has 0 spiro atoms. The molecule has 108 valence electrons. The van der Waals surface area contributed by atoms with E-state index in [0.29, 0.717) is 21.7 Å². The third kappa shape index (κ3) is 3.24. The molecule has 1 aromatic carbocycles. The second-order valence-corrected chi connectivity index (χ2v) is 7.81. The molecule has 0 aliphatic rings. The lowest BCUT2D eigenvalue weighted by molar-refractivity contribution is 0.0703. The van der Waals surface area contributed by atoms with Crippen molar-refractivity contribution in [2.24, 2.45) is 0 Å². The lowest BCUT2D eigenvalue weighted by atomic mass is 10.0. The molecule has 2 aromatic rings. The van der Waals surface area contributed by atoms with Crippen molar-refractivity contribution >= 4 is 40.7 Å². The van der Waals surface area contributed by atoms with E-state index in [-0.39, 0.29) is 10.1 Å². The van der Waals surface area contributed by atoms with Crippen LogP contribution >= 0.6 is 34.7 Å². The number of nitriles is 1. The van der Waals surface area contributed by atoms with Crippen LogP contribution in [-0.2, 0) is 0 Å². The fourth-order valence-electron chi connectivity index (χ4n) is 1.88. The number of carboxylic acid groups (broad SMARTS) is 1. The van der Waals surface area contributed by atoms with E-state index in [1.165, 1.54) is 11.8 Å². The Morgan fingerprint density at radius 2 is 2.10 bits per heavy atom. The number of halogens is 1. The first kappa shape index (κ1) is 15.9. The predicted molar refractivity (Wildman–Crippen MR) is 87.4 cm³/mol. The molecule has 1 aromatic heterocycles. The molecule has 0 fully saturated rings. The highest BCUT2D eigenvalue weighted by Crippen LogP contribution is 2.44. The Balaban J connectivity index is 2.74. The monoisotopic (exact) mass is 337 g/mol. The number of carboxylic acids is 1. The molecule has 3 nitrogen and oxygen atoms in total. The van der Waals surface area contributed by atoms with E-state index >= 15 is 0 Å². The molecule has 0 unspecified atom stereocenters. The van der Waals surface area contributed by atoms with Gasteiger partial charge in [0.2, 0.25) is 0 Å². The van der Waals surface area contributed by atoms with Crippen LogP contribution in [0.25, 0.3) is 11.1 Å². The summed E-state index contributed by atoms with van der Waals surface area (Å²) in [6.07, 6.45) is 0. The number of nitrogens with zero attached hydrogens (tertiary/aromatic N) is 1. The molecular formula is C15H12ClNO2S2. The van der Waals surface area contributed by atoms with Gasteiger partial charge in [0.15, 0.2) is 0 Å². The van der Waals surface area contributed by atoms with Crippen LogP contribution in [0.5, 0.6) is 0 Å². The van der Waals surface area contributed by atoms with Gasteiger partial charge in [-0.3, -0.25) is 0 Å². The molecule has 0 saturated carbocycles. The summed E-state index contributed by atoms with van der Waals surface area (Å²) in [5, 5.41) is 19.6. The number of rotatable bonds is 4. The average Bonchev–Trinajstić information content (AvgIpc) is 2.77. The van der Waals surface area contributed by atoms with Gasteiger partial charge in [-0.05, 0) is 6.07 Å². The minimum Gasteiger partial charge on any atom is -0.477 e. The Hall–Kier alpha value is -1.48. The van der Waals surface area contributed by atoms with Crippen molar-refractivity contribution < 1.29 is 9.90 Å². The summed E-state index contributed by atoms with van der Waals surface area (Å²) in [4.78, 5) is 11.7. The topological polar surface area (TPSA) is 61.1 Å². The van der Waals surface area contributed by atoms with E-state index in [0.717, 1.165) is 15.5 Å². The van der Waals surface area contributed by atoms with Crippen molar-refractivity contribution in [2.75, 3.05) is 0 Å². The smallest absolute Gasteiger partial charge is 0.346 e. The van der Waals surface area contributed by atoms with Gasteiger partial charge in [0.05, 0.1) is 9.77 Å². The molecule has 0 bridgehead atoms. The summed E-state index contributed by atoms with van der Waals surface area (Å²) in [7, 11) is 0. The maximum absolute atomic E-state index is 11.5. The van der Waals surface area contributed by atoms with Crippen molar-refractivity contribution in [3.63, 3.8) is 0 Å². The van der Waals surface area contributed by atoms with Crippen molar-refractivity contribution in [1.29, 1.82) is 5.26 Å². The number of hydrogen-bond acceptors (Lipinski definition) is 4. The molecule has 0 radical (unpaired) electrons. The van der Waals surface area contributed by atoms with Gasteiger partial charge in [-0.2, -0.15) is 5.26 Å². The first-order chi connectivity index (χ1) is 9.95. The number of carbonyl (C=O) groups is 1. The summed E-state index contributed by atoms with van der Waals surface area (Å²) >= 11 is 8.80. The molecule has 0 amide bonds. The minimum atomic E-state index is -1.04. The third-order valence-electron chi connectivity index (χ3n) is 2.67. The van der Waals surface area contributed by atoms with E-state index in [1.807, 2.05) is 13.8 Å². The van der Waals surface area contributed by atoms with Crippen LogP contribution in [0.2, 0.25) is 5.02 Å². The summed E-state index contributed by atoms with van der Waals surface area (Å²) in [6, 6.07) is 9.12. The first-order valence-corrected chi connectivity index (χ1v) is 8.24. The van der Waals surface area contributed by atoms with Gasteiger partial charge in [0.1, 0.15) is 10.9 Å². The predicted octanol–water partition coefficient (Wildman–Crippen LogP) is 5.14. The highest BCUT2D eigenvalue weighted by molar-refractivity contribution is 8.01. The van der Waals surface area contributed by atoms with Crippen LogP contribution in [0.1, 0.15) is 29.1 Å². The van der Waals surface area contributed by atoms with E-state index in [9.17, 15) is 15.2 Å². The number of thiophene rings is 1. The van der Waals surface area contributed by atoms with E-state index in [1.54, 1.807) is 24.3 Å². The van der Waals surface area contributed by atoms with Crippen LogP contribution < -0.4 is 0 Å². The number of benzene rings is 1. The lowest BCUT2D eigenvalue weighted by Crippen LogP contribution is -1.96. The summed E-state index contributed by atoms with van der Waals surface area (Å²) in [6.45, 7) is 4.00. The largest absolute Gasteiger partial charge is 0.477 e. The summed E-state index contributed by atoms with van der Waals surface area (Å²) in [5.41, 5.74) is 1.40. The SMILES string of the molecule is CC(C)Sc1sc(C(=O)O)c(-c2ccccc2Cl)c1C#N. The van der Waals surface area contributed by atoms with Crippen LogP contribution in [0, 0.1) is 11.3 Å². The molecule has 21 heavy (non-hydrogen) atoms. The fourth-order valence-corrected chi connectivity index (χ4v) is 4.66. The molecule has 0 aliphatic heterocycles. The average molecular weight is 338 g/mol. The zero-order valence-corrected chi connectivity index (χ0v) is 13.8. The van der Waals surface area contributed by atoms with E-state index < -0.39 is 5.97 Å². The summed E-state index contributed by atoms with van der Waals surface area (Å²) < 4.78 is 0.722. The molecule has 0 aliphatic carbocycles. The summed E-state index contributed by atoms with van der Waals surface area (Å²) in [5.74, 6) is -1.04. The molecule has 6 heteroatoms. The second-order valence-electron chi connectivity index (χ2n) is 4.53. The van der Waals surface area contributed by atoms with Crippen molar-refractivity contribution in [3.8, 4) is 17.2 Å². The van der Waals surface area contributed by atoms with Gasteiger partial charge in [0, 0.05) is 21.4 Å². The highest BCUT2D eigenvalue weighted by Gasteiger charge is 2.25. The zero-order valence-electron chi connectivity index (χ0n) is 11.4. The van der Waals surface area contributed by atoms with Crippen LogP contribution in [0.15, 0.2) is 28.5 Å². The van der Waals surface area contributed by atoms with Crippen LogP contribution in [-0.4, -0.2) is 16.3 Å². The van der Waals surface area contributed by atoms with Gasteiger partial charge in [0.25, 0.3) is 0 Å². The highest BCUT2D eigenvalue weighted by atomic mass is 35.5. The standard InChI is InChI=1S/C15H12ClNO2S2/c1-8(2)20-15-10(7-17)12(13(21-15)14(18)19)9-5-3-4-6-11(9)16/h3-6,8H,1-2H3,(H,18,19). The van der Waals surface area contributed by atoms with E-state index in [4.69, 9.17) is 11.6 Å². The second kappa shape index (κ2) is 6.52. The maximum atomic E-state index is 11.5. The number of hydrogen-bond donors (Lipinski definition) is 1. The molecule has 0 saturated heterocycles. The quantitative estimate of drug-likeness (QED) is 0.785. The molecular weight excluding hydrogens is 326 g/mol. The van der Waals surface area contributed by atoms with Crippen LogP contribution in [0.4, 0.5) is 0 Å². The van der Waals surface area contributed by atoms with Crippen molar-refractivity contribution in [2.45, 2.75) is 23.3 Å². The molecule has 1 heterocycles. The maximum Gasteiger partial charge on any atom is 0.346 e. The Bertz CT molecular complexity index is 732. The Morgan fingerprint density at radius 1 is 1.43 bits per heavy atom. The lowest BCUT2D eigenvalue weighted by Gasteiger charge is -2.05. The molecule has 1 N–H and O–H groups in total. The van der Waals surface area contributed by atoms with Crippen molar-refractivity contribution in [3.05, 3.63) is 39.7 Å². The third-order valence-corrected chi connectivity index (χ3v) is 5.40. The Morgan fingerprint density at radius 3 is 2.62 bits per heavy atom. The fraction of sp³-hybridized carbons (Fsp3) is 0.200. The Labute approximate surface area is 136 Å². The number of thioether (sulfide) groups is 1. The first-order valence-electron chi connectivity index (χ1n) is 6.17. The van der Waals surface area contributed by atoms with Gasteiger partial charge in [-0.15, -0.1) is 23.1 Å². The van der Waals surface area contributed by atoms with Crippen LogP contribution in [0.3, 0.4) is 0 Å². The normalized spacial score (nSPS) is 10.6. The van der Waals surface area contributed by atoms with Gasteiger partial charge < -0.3 is 5.11 Å². The van der Waals surface area contributed by atoms with Crippen molar-refractivity contribution in [1.82, 2.24) is 0 Å². The molecule has 2 rings (SSSR count). The van der Waals surface area contributed by atoms with Gasteiger partial charge >= 0.3 is 5.97 Å².